The fraction of sp³-hybridized carbons (Fsp3) is 0.571. The molecule has 1 aliphatic heterocycles. The number of hydrogen-bond acceptors (Lipinski definition) is 3. The molecule has 0 saturated carbocycles. The van der Waals surface area contributed by atoms with Crippen molar-refractivity contribution in [3.8, 4) is 5.75 Å². The van der Waals surface area contributed by atoms with Gasteiger partial charge >= 0.3 is 0 Å². The largest absolute Gasteiger partial charge is 0.491 e. The van der Waals surface area contributed by atoms with Gasteiger partial charge in [0.1, 0.15) is 5.75 Å². The van der Waals surface area contributed by atoms with Crippen LogP contribution < -0.4 is 10.5 Å². The Balaban J connectivity index is 1.89. The van der Waals surface area contributed by atoms with Gasteiger partial charge in [0.2, 0.25) is 0 Å². The van der Waals surface area contributed by atoms with Crippen LogP contribution in [-0.2, 0) is 6.54 Å². The van der Waals surface area contributed by atoms with Crippen molar-refractivity contribution >= 4 is 0 Å². The zero-order valence-corrected chi connectivity index (χ0v) is 10.7. The first kappa shape index (κ1) is 12.4. The predicted octanol–water partition coefficient (Wildman–Crippen LogP) is 2.01. The van der Waals surface area contributed by atoms with Crippen molar-refractivity contribution in [2.75, 3.05) is 13.1 Å². The average molecular weight is 234 g/mol. The van der Waals surface area contributed by atoms with Gasteiger partial charge in [-0.1, -0.05) is 12.1 Å². The topological polar surface area (TPSA) is 38.5 Å². The first-order chi connectivity index (χ1) is 8.13. The number of ether oxygens (including phenoxy) is 1. The highest BCUT2D eigenvalue weighted by Crippen LogP contribution is 2.17. The molecule has 3 nitrogen and oxygen atoms in total. The van der Waals surface area contributed by atoms with Crippen molar-refractivity contribution in [3.05, 3.63) is 29.8 Å². The second kappa shape index (κ2) is 5.52. The van der Waals surface area contributed by atoms with Crippen LogP contribution in [0.15, 0.2) is 24.3 Å². The molecule has 94 valence electrons. The number of likely N-dealkylation sites (tertiary alicyclic amines) is 1. The van der Waals surface area contributed by atoms with Crippen molar-refractivity contribution in [2.24, 2.45) is 5.73 Å². The Kier molecular flexibility index (Phi) is 4.02. The number of rotatable bonds is 4. The van der Waals surface area contributed by atoms with E-state index in [9.17, 15) is 0 Å². The maximum absolute atomic E-state index is 5.90. The Hall–Kier alpha value is -1.06. The van der Waals surface area contributed by atoms with Gasteiger partial charge < -0.3 is 10.5 Å². The van der Waals surface area contributed by atoms with Gasteiger partial charge in [-0.05, 0) is 38.0 Å². The lowest BCUT2D eigenvalue weighted by Crippen LogP contribution is -2.26. The van der Waals surface area contributed by atoms with Crippen LogP contribution in [0.1, 0.15) is 25.8 Å². The summed E-state index contributed by atoms with van der Waals surface area (Å²) in [7, 11) is 0. The molecule has 3 heteroatoms. The smallest absolute Gasteiger partial charge is 0.119 e. The Morgan fingerprint density at radius 1 is 1.35 bits per heavy atom. The Labute approximate surface area is 104 Å². The van der Waals surface area contributed by atoms with Gasteiger partial charge in [0.05, 0.1) is 6.10 Å². The molecule has 1 aromatic rings. The lowest BCUT2D eigenvalue weighted by atomic mass is 10.2. The molecule has 0 aromatic heterocycles. The Morgan fingerprint density at radius 3 is 2.59 bits per heavy atom. The van der Waals surface area contributed by atoms with Crippen LogP contribution in [0.2, 0.25) is 0 Å². The van der Waals surface area contributed by atoms with Gasteiger partial charge in [-0.2, -0.15) is 0 Å². The summed E-state index contributed by atoms with van der Waals surface area (Å²) in [6.45, 7) is 7.21. The molecule has 0 aliphatic carbocycles. The zero-order chi connectivity index (χ0) is 12.3. The van der Waals surface area contributed by atoms with E-state index in [1.54, 1.807) is 0 Å². The lowest BCUT2D eigenvalue weighted by molar-refractivity contribution is 0.242. The highest BCUT2D eigenvalue weighted by Gasteiger charge is 2.18. The third kappa shape index (κ3) is 3.72. The molecule has 1 aromatic carbocycles. The molecule has 2 rings (SSSR count). The van der Waals surface area contributed by atoms with Crippen LogP contribution in [0.4, 0.5) is 0 Å². The standard InChI is InChI=1S/C14H22N2O/c1-11(2)17-14-5-3-12(4-6-14)9-16-8-7-13(15)10-16/h3-6,11,13H,7-10,15H2,1-2H3/t13-/m1/s1. The quantitative estimate of drug-likeness (QED) is 0.866. The summed E-state index contributed by atoms with van der Waals surface area (Å²) in [5.41, 5.74) is 7.22. The van der Waals surface area contributed by atoms with E-state index < -0.39 is 0 Å². The molecule has 1 fully saturated rings. The van der Waals surface area contributed by atoms with Gasteiger partial charge in [-0.15, -0.1) is 0 Å². The highest BCUT2D eigenvalue weighted by molar-refractivity contribution is 5.27. The molecular formula is C14H22N2O. The molecule has 1 aliphatic rings. The molecule has 0 amide bonds. The normalized spacial score (nSPS) is 21.1. The average Bonchev–Trinajstić information content (AvgIpc) is 2.66. The molecule has 17 heavy (non-hydrogen) atoms. The highest BCUT2D eigenvalue weighted by atomic mass is 16.5. The van der Waals surface area contributed by atoms with Crippen molar-refractivity contribution in [1.82, 2.24) is 4.90 Å². The molecule has 1 saturated heterocycles. The summed E-state index contributed by atoms with van der Waals surface area (Å²) in [5, 5.41) is 0. The lowest BCUT2D eigenvalue weighted by Gasteiger charge is -2.16. The van der Waals surface area contributed by atoms with Gasteiger partial charge in [-0.3, -0.25) is 4.90 Å². The van der Waals surface area contributed by atoms with Crippen LogP contribution in [-0.4, -0.2) is 30.1 Å². The van der Waals surface area contributed by atoms with E-state index in [0.29, 0.717) is 6.04 Å². The van der Waals surface area contributed by atoms with E-state index in [-0.39, 0.29) is 6.10 Å². The summed E-state index contributed by atoms with van der Waals surface area (Å²) in [6.07, 6.45) is 1.35. The maximum atomic E-state index is 5.90. The second-order valence-corrected chi connectivity index (χ2v) is 5.09. The Morgan fingerprint density at radius 2 is 2.06 bits per heavy atom. The molecule has 1 heterocycles. The number of nitrogens with two attached hydrogens (primary N) is 1. The van der Waals surface area contributed by atoms with Gasteiger partial charge in [0.15, 0.2) is 0 Å². The fourth-order valence-corrected chi connectivity index (χ4v) is 2.21. The molecule has 0 radical (unpaired) electrons. The molecule has 2 N–H and O–H groups in total. The third-order valence-corrected chi connectivity index (χ3v) is 3.01. The number of nitrogens with zero attached hydrogens (tertiary/aromatic N) is 1. The summed E-state index contributed by atoms with van der Waals surface area (Å²) >= 11 is 0. The van der Waals surface area contributed by atoms with E-state index in [1.165, 1.54) is 5.56 Å². The third-order valence-electron chi connectivity index (χ3n) is 3.01. The van der Waals surface area contributed by atoms with Gasteiger partial charge in [-0.25, -0.2) is 0 Å². The van der Waals surface area contributed by atoms with Crippen LogP contribution in [0, 0.1) is 0 Å². The summed E-state index contributed by atoms with van der Waals surface area (Å²) in [4.78, 5) is 2.41. The molecule has 1 atom stereocenters. The van der Waals surface area contributed by atoms with Crippen LogP contribution >= 0.6 is 0 Å². The van der Waals surface area contributed by atoms with Crippen LogP contribution in [0.3, 0.4) is 0 Å². The van der Waals surface area contributed by atoms with Crippen molar-refractivity contribution in [1.29, 1.82) is 0 Å². The monoisotopic (exact) mass is 234 g/mol. The van der Waals surface area contributed by atoms with Crippen LogP contribution in [0.25, 0.3) is 0 Å². The minimum atomic E-state index is 0.234. The minimum absolute atomic E-state index is 0.234. The molecule has 0 bridgehead atoms. The van der Waals surface area contributed by atoms with Crippen LogP contribution in [0.5, 0.6) is 5.75 Å². The van der Waals surface area contributed by atoms with Crippen molar-refractivity contribution < 1.29 is 4.74 Å². The van der Waals surface area contributed by atoms with E-state index in [0.717, 1.165) is 31.8 Å². The molecule has 0 unspecified atom stereocenters. The maximum Gasteiger partial charge on any atom is 0.119 e. The van der Waals surface area contributed by atoms with E-state index in [1.807, 2.05) is 26.0 Å². The predicted molar refractivity (Wildman–Crippen MR) is 70.1 cm³/mol. The van der Waals surface area contributed by atoms with Crippen molar-refractivity contribution in [2.45, 2.75) is 39.0 Å². The number of benzene rings is 1. The SMILES string of the molecule is CC(C)Oc1ccc(CN2CC[C@@H](N)C2)cc1. The van der Waals surface area contributed by atoms with E-state index in [4.69, 9.17) is 10.5 Å². The molecule has 0 spiro atoms. The minimum Gasteiger partial charge on any atom is -0.491 e. The Bertz CT molecular complexity index is 348. The van der Waals surface area contributed by atoms with Crippen molar-refractivity contribution in [3.63, 3.8) is 0 Å². The second-order valence-electron chi connectivity index (χ2n) is 5.09. The van der Waals surface area contributed by atoms with E-state index in [2.05, 4.69) is 17.0 Å². The first-order valence-electron chi connectivity index (χ1n) is 6.37. The summed E-state index contributed by atoms with van der Waals surface area (Å²) in [5.74, 6) is 0.946. The number of hydrogen-bond donors (Lipinski definition) is 1. The first-order valence-corrected chi connectivity index (χ1v) is 6.37. The zero-order valence-electron chi connectivity index (χ0n) is 10.7. The van der Waals surface area contributed by atoms with Gasteiger partial charge in [0.25, 0.3) is 0 Å². The van der Waals surface area contributed by atoms with E-state index >= 15 is 0 Å². The fourth-order valence-electron chi connectivity index (χ4n) is 2.21. The summed E-state index contributed by atoms with van der Waals surface area (Å²) in [6, 6.07) is 8.73. The summed E-state index contributed by atoms with van der Waals surface area (Å²) < 4.78 is 5.62. The van der Waals surface area contributed by atoms with Gasteiger partial charge in [0, 0.05) is 25.7 Å². The molecular weight excluding hydrogens is 212 g/mol.